The summed E-state index contributed by atoms with van der Waals surface area (Å²) >= 11 is 0. The predicted octanol–water partition coefficient (Wildman–Crippen LogP) is 3.64. The maximum atomic E-state index is 6.02. The van der Waals surface area contributed by atoms with Crippen LogP contribution in [0.1, 0.15) is 30.2 Å². The second-order valence-corrected chi connectivity index (χ2v) is 6.76. The zero-order valence-electron chi connectivity index (χ0n) is 14.4. The highest BCUT2D eigenvalue weighted by atomic mass is 35.5. The first-order chi connectivity index (χ1) is 12.4. The summed E-state index contributed by atoms with van der Waals surface area (Å²) in [6, 6.07) is 4.13. The van der Waals surface area contributed by atoms with Gasteiger partial charge in [-0.15, -0.1) is 12.4 Å². The van der Waals surface area contributed by atoms with E-state index in [1.54, 1.807) is 6.20 Å². The number of halogens is 1. The van der Waals surface area contributed by atoms with Crippen LogP contribution in [-0.2, 0) is 13.0 Å². The summed E-state index contributed by atoms with van der Waals surface area (Å²) < 4.78 is 8.06. The van der Waals surface area contributed by atoms with E-state index in [0.29, 0.717) is 5.92 Å². The van der Waals surface area contributed by atoms with Crippen LogP contribution in [0.5, 0.6) is 0 Å². The van der Waals surface area contributed by atoms with Crippen molar-refractivity contribution >= 4 is 34.4 Å². The normalized spacial score (nSPS) is 15.5. The Hall–Kier alpha value is -2.31. The van der Waals surface area contributed by atoms with Crippen LogP contribution in [0.3, 0.4) is 0 Å². The van der Waals surface area contributed by atoms with Crippen LogP contribution in [0, 0.1) is 0 Å². The minimum Gasteiger partial charge on any atom is -0.441 e. The van der Waals surface area contributed by atoms with Gasteiger partial charge >= 0.3 is 0 Å². The van der Waals surface area contributed by atoms with Gasteiger partial charge in [0.05, 0.1) is 6.33 Å². The molecule has 26 heavy (non-hydrogen) atoms. The van der Waals surface area contributed by atoms with Gasteiger partial charge < -0.3 is 19.3 Å². The maximum absolute atomic E-state index is 6.02. The van der Waals surface area contributed by atoms with Crippen LogP contribution in [0.2, 0.25) is 0 Å². The zero-order valence-corrected chi connectivity index (χ0v) is 15.3. The largest absolute Gasteiger partial charge is 0.441 e. The average molecular weight is 372 g/mol. The van der Waals surface area contributed by atoms with Gasteiger partial charge in [-0.3, -0.25) is 0 Å². The number of rotatable bonds is 4. The maximum Gasteiger partial charge on any atom is 0.197 e. The van der Waals surface area contributed by atoms with Gasteiger partial charge in [0.15, 0.2) is 11.5 Å². The van der Waals surface area contributed by atoms with Gasteiger partial charge in [0, 0.05) is 42.5 Å². The summed E-state index contributed by atoms with van der Waals surface area (Å²) in [4.78, 5) is 12.3. The molecule has 4 aromatic rings. The van der Waals surface area contributed by atoms with Crippen molar-refractivity contribution in [1.82, 2.24) is 24.8 Å². The Morgan fingerprint density at radius 3 is 2.92 bits per heavy atom. The minimum atomic E-state index is 0. The third-order valence-electron chi connectivity index (χ3n) is 5.20. The molecule has 136 valence electrons. The SMILES string of the molecule is Cl.c1cn(CCc2nc3c(ccc4[nH]cc(C5CCNCC5)c43)o2)cn1. The number of aryl methyl sites for hydroxylation is 2. The summed E-state index contributed by atoms with van der Waals surface area (Å²) in [5, 5.41) is 4.68. The first kappa shape index (κ1) is 17.1. The lowest BCUT2D eigenvalue weighted by Gasteiger charge is -2.22. The average Bonchev–Trinajstić information content (AvgIpc) is 3.38. The number of hydrogen-bond acceptors (Lipinski definition) is 4. The molecule has 1 aliphatic rings. The molecule has 4 heterocycles. The minimum absolute atomic E-state index is 0. The van der Waals surface area contributed by atoms with E-state index < -0.39 is 0 Å². The van der Waals surface area contributed by atoms with E-state index >= 15 is 0 Å². The number of aromatic amines is 1. The molecule has 1 saturated heterocycles. The fraction of sp³-hybridized carbons (Fsp3) is 0.368. The Balaban J connectivity index is 0.00000168. The lowest BCUT2D eigenvalue weighted by Crippen LogP contribution is -2.26. The van der Waals surface area contributed by atoms with Crippen LogP contribution in [-0.4, -0.2) is 32.6 Å². The van der Waals surface area contributed by atoms with Crippen molar-refractivity contribution in [2.45, 2.75) is 31.7 Å². The number of aromatic nitrogens is 4. The van der Waals surface area contributed by atoms with E-state index in [-0.39, 0.29) is 12.4 Å². The lowest BCUT2D eigenvalue weighted by atomic mass is 9.90. The molecule has 0 radical (unpaired) electrons. The number of fused-ring (bicyclic) bond motifs is 3. The van der Waals surface area contributed by atoms with Crippen molar-refractivity contribution in [2.24, 2.45) is 0 Å². The van der Waals surface area contributed by atoms with Gasteiger partial charge in [0.2, 0.25) is 0 Å². The molecule has 0 atom stereocenters. The molecule has 1 fully saturated rings. The van der Waals surface area contributed by atoms with Gasteiger partial charge in [-0.1, -0.05) is 0 Å². The Morgan fingerprint density at radius 2 is 2.12 bits per heavy atom. The van der Waals surface area contributed by atoms with E-state index in [2.05, 4.69) is 27.5 Å². The van der Waals surface area contributed by atoms with Gasteiger partial charge in [0.1, 0.15) is 5.52 Å². The van der Waals surface area contributed by atoms with Gasteiger partial charge in [-0.2, -0.15) is 0 Å². The molecule has 0 saturated carbocycles. The molecular weight excluding hydrogens is 350 g/mol. The lowest BCUT2D eigenvalue weighted by molar-refractivity contribution is 0.462. The Bertz CT molecular complexity index is 998. The quantitative estimate of drug-likeness (QED) is 0.574. The third kappa shape index (κ3) is 2.99. The fourth-order valence-corrected chi connectivity index (χ4v) is 3.89. The fourth-order valence-electron chi connectivity index (χ4n) is 3.89. The van der Waals surface area contributed by atoms with Crippen LogP contribution < -0.4 is 5.32 Å². The first-order valence-electron chi connectivity index (χ1n) is 8.94. The molecule has 0 spiro atoms. The number of benzene rings is 1. The van der Waals surface area contributed by atoms with Crippen LogP contribution >= 0.6 is 12.4 Å². The smallest absolute Gasteiger partial charge is 0.197 e. The van der Waals surface area contributed by atoms with E-state index in [4.69, 9.17) is 9.40 Å². The summed E-state index contributed by atoms with van der Waals surface area (Å²) in [6.45, 7) is 2.99. The number of H-pyrrole nitrogens is 1. The number of nitrogens with one attached hydrogen (secondary N) is 2. The van der Waals surface area contributed by atoms with Crippen LogP contribution in [0.15, 0.2) is 41.5 Å². The van der Waals surface area contributed by atoms with Gasteiger partial charge in [-0.05, 0) is 49.5 Å². The standard InChI is InChI=1S/C19H21N5O.ClH/c1-2-16-19(23-17(25-16)5-9-24-10-8-21-12-24)18-14(11-22-15(1)18)13-3-6-20-7-4-13;/h1-2,8,10-13,20,22H,3-7,9H2;1H. The van der Waals surface area contributed by atoms with Crippen molar-refractivity contribution in [3.63, 3.8) is 0 Å². The highest BCUT2D eigenvalue weighted by Gasteiger charge is 2.21. The summed E-state index contributed by atoms with van der Waals surface area (Å²) in [7, 11) is 0. The Morgan fingerprint density at radius 1 is 1.23 bits per heavy atom. The molecule has 1 aromatic carbocycles. The number of piperidine rings is 1. The molecule has 7 heteroatoms. The highest BCUT2D eigenvalue weighted by Crippen LogP contribution is 2.35. The number of nitrogens with zero attached hydrogens (tertiary/aromatic N) is 3. The first-order valence-corrected chi connectivity index (χ1v) is 8.94. The number of hydrogen-bond donors (Lipinski definition) is 2. The summed E-state index contributed by atoms with van der Waals surface area (Å²) in [5.74, 6) is 1.38. The van der Waals surface area contributed by atoms with E-state index in [0.717, 1.165) is 48.6 Å². The monoisotopic (exact) mass is 371 g/mol. The number of oxazole rings is 1. The summed E-state index contributed by atoms with van der Waals surface area (Å²) in [6.07, 6.45) is 10.9. The summed E-state index contributed by atoms with van der Waals surface area (Å²) in [5.41, 5.74) is 4.41. The second kappa shape index (κ2) is 7.13. The van der Waals surface area contributed by atoms with Gasteiger partial charge in [-0.25, -0.2) is 9.97 Å². The van der Waals surface area contributed by atoms with E-state index in [1.807, 2.05) is 23.2 Å². The topological polar surface area (TPSA) is 71.7 Å². The van der Waals surface area contributed by atoms with Gasteiger partial charge in [0.25, 0.3) is 0 Å². The van der Waals surface area contributed by atoms with Crippen molar-refractivity contribution in [2.75, 3.05) is 13.1 Å². The Labute approximate surface area is 157 Å². The highest BCUT2D eigenvalue weighted by molar-refractivity contribution is 6.04. The third-order valence-corrected chi connectivity index (χ3v) is 5.20. The molecule has 3 aromatic heterocycles. The van der Waals surface area contributed by atoms with Crippen molar-refractivity contribution in [3.05, 3.63) is 48.5 Å². The molecule has 0 amide bonds. The predicted molar refractivity (Wildman–Crippen MR) is 104 cm³/mol. The molecule has 1 aliphatic heterocycles. The number of imidazole rings is 1. The second-order valence-electron chi connectivity index (χ2n) is 6.76. The molecule has 5 rings (SSSR count). The molecule has 0 unspecified atom stereocenters. The molecular formula is C19H22ClN5O. The van der Waals surface area contributed by atoms with E-state index in [9.17, 15) is 0 Å². The van der Waals surface area contributed by atoms with Crippen molar-refractivity contribution in [1.29, 1.82) is 0 Å². The van der Waals surface area contributed by atoms with E-state index in [1.165, 1.54) is 23.8 Å². The Kier molecular flexibility index (Phi) is 4.70. The zero-order chi connectivity index (χ0) is 16.6. The molecule has 0 aliphatic carbocycles. The molecule has 6 nitrogen and oxygen atoms in total. The molecule has 2 N–H and O–H groups in total. The van der Waals surface area contributed by atoms with Crippen molar-refractivity contribution < 1.29 is 4.42 Å². The van der Waals surface area contributed by atoms with Crippen LogP contribution in [0.25, 0.3) is 22.0 Å². The molecule has 0 bridgehead atoms. The van der Waals surface area contributed by atoms with Crippen LogP contribution in [0.4, 0.5) is 0 Å². The van der Waals surface area contributed by atoms with Crippen molar-refractivity contribution in [3.8, 4) is 0 Å².